The summed E-state index contributed by atoms with van der Waals surface area (Å²) in [5.41, 5.74) is 0.892. The number of aryl methyl sites for hydroxylation is 1. The van der Waals surface area contributed by atoms with Gasteiger partial charge in [0.05, 0.1) is 19.8 Å². The van der Waals surface area contributed by atoms with E-state index in [4.69, 9.17) is 9.47 Å². The molecule has 1 aliphatic rings. The van der Waals surface area contributed by atoms with E-state index in [2.05, 4.69) is 15.3 Å². The predicted octanol–water partition coefficient (Wildman–Crippen LogP) is 1.57. The Kier molecular flexibility index (Phi) is 3.77. The fourth-order valence-electron chi connectivity index (χ4n) is 2.94. The van der Waals surface area contributed by atoms with Crippen molar-refractivity contribution in [2.45, 2.75) is 19.3 Å². The summed E-state index contributed by atoms with van der Waals surface area (Å²) >= 11 is 0. The van der Waals surface area contributed by atoms with Gasteiger partial charge >= 0.3 is 0 Å². The Balaban J connectivity index is 2.23. The Morgan fingerprint density at radius 2 is 2.00 bits per heavy atom. The molecule has 2 heterocycles. The summed E-state index contributed by atoms with van der Waals surface area (Å²) < 4.78 is 10.7. The molecule has 2 N–H and O–H groups in total. The minimum atomic E-state index is -0.444. The van der Waals surface area contributed by atoms with Crippen LogP contribution in [0.2, 0.25) is 0 Å². The summed E-state index contributed by atoms with van der Waals surface area (Å²) in [5.74, 6) is 1.19. The molecule has 23 heavy (non-hydrogen) atoms. The van der Waals surface area contributed by atoms with Gasteiger partial charge in [-0.25, -0.2) is 4.98 Å². The number of aromatic nitrogens is 2. The molecule has 0 bridgehead atoms. The van der Waals surface area contributed by atoms with E-state index >= 15 is 0 Å². The first-order chi connectivity index (χ1) is 11.0. The molecule has 1 atom stereocenters. The number of anilines is 1. The van der Waals surface area contributed by atoms with E-state index in [1.54, 1.807) is 26.2 Å². The van der Waals surface area contributed by atoms with Crippen molar-refractivity contribution in [1.29, 1.82) is 0 Å². The highest BCUT2D eigenvalue weighted by Gasteiger charge is 2.33. The molecule has 7 heteroatoms. The number of carbonyl (C=O) groups excluding carboxylic acids is 1. The molecule has 1 aromatic carbocycles. The van der Waals surface area contributed by atoms with Crippen LogP contribution in [0.15, 0.2) is 23.0 Å². The number of hydrogen-bond acceptors (Lipinski definition) is 5. The van der Waals surface area contributed by atoms with Crippen molar-refractivity contribution in [3.8, 4) is 11.5 Å². The van der Waals surface area contributed by atoms with Gasteiger partial charge in [0.2, 0.25) is 5.91 Å². The Bertz CT molecular complexity index is 829. The summed E-state index contributed by atoms with van der Waals surface area (Å²) in [5, 5.41) is 2.67. The van der Waals surface area contributed by atoms with Crippen LogP contribution in [-0.4, -0.2) is 30.1 Å². The lowest BCUT2D eigenvalue weighted by Gasteiger charge is -2.26. The monoisotopic (exact) mass is 315 g/mol. The maximum absolute atomic E-state index is 12.4. The second-order valence-corrected chi connectivity index (χ2v) is 5.30. The van der Waals surface area contributed by atoms with Crippen LogP contribution in [0.3, 0.4) is 0 Å². The Morgan fingerprint density at radius 1 is 1.22 bits per heavy atom. The summed E-state index contributed by atoms with van der Waals surface area (Å²) in [4.78, 5) is 31.4. The molecule has 0 saturated carbocycles. The first-order valence-corrected chi connectivity index (χ1v) is 7.16. The van der Waals surface area contributed by atoms with Crippen molar-refractivity contribution in [3.05, 3.63) is 45.5 Å². The van der Waals surface area contributed by atoms with E-state index in [1.807, 2.05) is 6.07 Å². The highest BCUT2D eigenvalue weighted by atomic mass is 16.5. The van der Waals surface area contributed by atoms with Gasteiger partial charge in [-0.3, -0.25) is 9.59 Å². The fourth-order valence-corrected chi connectivity index (χ4v) is 2.94. The second kappa shape index (κ2) is 5.75. The Morgan fingerprint density at radius 3 is 2.70 bits per heavy atom. The molecule has 0 spiro atoms. The summed E-state index contributed by atoms with van der Waals surface area (Å²) in [6.07, 6.45) is 0.143. The highest BCUT2D eigenvalue weighted by molar-refractivity contribution is 5.94. The molecule has 1 aromatic heterocycles. The third-order valence-corrected chi connectivity index (χ3v) is 3.88. The molecule has 1 aliphatic heterocycles. The van der Waals surface area contributed by atoms with Gasteiger partial charge in [-0.1, -0.05) is 12.1 Å². The maximum Gasteiger partial charge on any atom is 0.256 e. The second-order valence-electron chi connectivity index (χ2n) is 5.30. The van der Waals surface area contributed by atoms with Crippen molar-refractivity contribution < 1.29 is 14.3 Å². The average Bonchev–Trinajstić information content (AvgIpc) is 2.52. The molecule has 0 aliphatic carbocycles. The Labute approximate surface area is 132 Å². The lowest BCUT2D eigenvalue weighted by Crippen LogP contribution is -2.31. The number of hydrogen-bond donors (Lipinski definition) is 2. The predicted molar refractivity (Wildman–Crippen MR) is 84.2 cm³/mol. The zero-order valence-corrected chi connectivity index (χ0v) is 13.1. The van der Waals surface area contributed by atoms with Crippen LogP contribution in [0.25, 0.3) is 0 Å². The first kappa shape index (κ1) is 15.1. The van der Waals surface area contributed by atoms with Gasteiger partial charge in [0.25, 0.3) is 5.56 Å². The fraction of sp³-hybridized carbons (Fsp3) is 0.312. The van der Waals surface area contributed by atoms with E-state index < -0.39 is 5.92 Å². The largest absolute Gasteiger partial charge is 0.493 e. The van der Waals surface area contributed by atoms with Crippen LogP contribution in [0.4, 0.5) is 5.82 Å². The normalized spacial score (nSPS) is 16.5. The highest BCUT2D eigenvalue weighted by Crippen LogP contribution is 2.42. The molecule has 3 rings (SSSR count). The molecule has 1 unspecified atom stereocenters. The van der Waals surface area contributed by atoms with Crippen molar-refractivity contribution in [3.63, 3.8) is 0 Å². The number of nitrogens with zero attached hydrogens (tertiary/aromatic N) is 1. The van der Waals surface area contributed by atoms with Gasteiger partial charge in [0.1, 0.15) is 11.6 Å². The van der Waals surface area contributed by atoms with Crippen LogP contribution < -0.4 is 20.3 Å². The standard InChI is InChI=1S/C16H17N3O4/c1-8-17-15-13(16(21)18-8)10(7-12(20)19-15)9-5-4-6-11(22-2)14(9)23-3/h4-6,10H,7H2,1-3H3,(H2,17,18,19,20,21). The van der Waals surface area contributed by atoms with E-state index in [0.29, 0.717) is 28.7 Å². The molecular formula is C16H17N3O4. The SMILES string of the molecule is COc1cccc(C2CC(=O)Nc3nc(C)[nH]c(=O)c32)c1OC. The van der Waals surface area contributed by atoms with Crippen LogP contribution in [-0.2, 0) is 4.79 Å². The summed E-state index contributed by atoms with van der Waals surface area (Å²) in [6.45, 7) is 1.67. The van der Waals surface area contributed by atoms with E-state index in [0.717, 1.165) is 5.56 Å². The smallest absolute Gasteiger partial charge is 0.256 e. The third-order valence-electron chi connectivity index (χ3n) is 3.88. The van der Waals surface area contributed by atoms with Gasteiger partial charge in [-0.05, 0) is 13.0 Å². The zero-order valence-electron chi connectivity index (χ0n) is 13.1. The maximum atomic E-state index is 12.4. The van der Waals surface area contributed by atoms with Crippen molar-refractivity contribution in [1.82, 2.24) is 9.97 Å². The first-order valence-electron chi connectivity index (χ1n) is 7.16. The average molecular weight is 315 g/mol. The summed E-state index contributed by atoms with van der Waals surface area (Å²) in [7, 11) is 3.07. The number of nitrogens with one attached hydrogen (secondary N) is 2. The van der Waals surface area contributed by atoms with E-state index in [9.17, 15) is 9.59 Å². The lowest BCUT2D eigenvalue weighted by molar-refractivity contribution is -0.116. The number of H-pyrrole nitrogens is 1. The number of para-hydroxylation sites is 1. The van der Waals surface area contributed by atoms with Crippen molar-refractivity contribution in [2.24, 2.45) is 0 Å². The van der Waals surface area contributed by atoms with Crippen molar-refractivity contribution >= 4 is 11.7 Å². The van der Waals surface area contributed by atoms with Crippen LogP contribution in [0, 0.1) is 6.92 Å². The summed E-state index contributed by atoms with van der Waals surface area (Å²) in [6, 6.07) is 5.40. The van der Waals surface area contributed by atoms with Gasteiger partial charge in [0, 0.05) is 17.9 Å². The molecule has 0 radical (unpaired) electrons. The van der Waals surface area contributed by atoms with Crippen LogP contribution in [0.5, 0.6) is 11.5 Å². The zero-order chi connectivity index (χ0) is 16.6. The van der Waals surface area contributed by atoms with Gasteiger partial charge in [-0.15, -0.1) is 0 Å². The minimum absolute atomic E-state index is 0.143. The molecular weight excluding hydrogens is 298 g/mol. The lowest BCUT2D eigenvalue weighted by atomic mass is 9.86. The molecule has 2 aromatic rings. The number of rotatable bonds is 3. The number of methoxy groups -OCH3 is 2. The number of fused-ring (bicyclic) bond motifs is 1. The number of amides is 1. The third kappa shape index (κ3) is 2.54. The van der Waals surface area contributed by atoms with Gasteiger partial charge in [-0.2, -0.15) is 0 Å². The number of aromatic amines is 1. The Hall–Kier alpha value is -2.83. The van der Waals surface area contributed by atoms with Gasteiger partial charge < -0.3 is 19.8 Å². The van der Waals surface area contributed by atoms with Crippen LogP contribution in [0.1, 0.15) is 29.3 Å². The van der Waals surface area contributed by atoms with Crippen molar-refractivity contribution in [2.75, 3.05) is 19.5 Å². The number of carbonyl (C=O) groups is 1. The minimum Gasteiger partial charge on any atom is -0.493 e. The number of ether oxygens (including phenoxy) is 2. The van der Waals surface area contributed by atoms with Gasteiger partial charge in [0.15, 0.2) is 11.5 Å². The molecule has 0 saturated heterocycles. The molecule has 1 amide bonds. The molecule has 0 fully saturated rings. The molecule has 120 valence electrons. The number of benzene rings is 1. The molecule has 7 nitrogen and oxygen atoms in total. The van der Waals surface area contributed by atoms with E-state index in [1.165, 1.54) is 7.11 Å². The topological polar surface area (TPSA) is 93.3 Å². The quantitative estimate of drug-likeness (QED) is 0.897. The van der Waals surface area contributed by atoms with Crippen LogP contribution >= 0.6 is 0 Å². The van der Waals surface area contributed by atoms with E-state index in [-0.39, 0.29) is 17.9 Å².